The lowest BCUT2D eigenvalue weighted by molar-refractivity contribution is 0.405. The van der Waals surface area contributed by atoms with Crippen molar-refractivity contribution >= 4 is 22.6 Å². The predicted molar refractivity (Wildman–Crippen MR) is 173 cm³/mol. The number of nitrogens with zero attached hydrogens (tertiary/aromatic N) is 2. The zero-order chi connectivity index (χ0) is 29.0. The highest BCUT2D eigenvalue weighted by atomic mass is 32.2. The predicted octanol–water partition coefficient (Wildman–Crippen LogP) is 9.12. The average Bonchev–Trinajstić information content (AvgIpc) is 3.05. The van der Waals surface area contributed by atoms with Crippen molar-refractivity contribution in [1.82, 2.24) is 4.90 Å². The Labute approximate surface area is 252 Å². The first kappa shape index (κ1) is 28.8. The van der Waals surface area contributed by atoms with Crippen LogP contribution in [-0.4, -0.2) is 24.3 Å². The third-order valence-corrected chi connectivity index (χ3v) is 7.67. The van der Waals surface area contributed by atoms with Gasteiger partial charge in [-0.2, -0.15) is 0 Å². The molecule has 5 aromatic carbocycles. The minimum atomic E-state index is 0.686. The molecule has 0 radical (unpaired) electrons. The Morgan fingerprint density at radius 1 is 0.548 bits per heavy atom. The second-order valence-corrected chi connectivity index (χ2v) is 10.6. The normalized spacial score (nSPS) is 11.1. The van der Waals surface area contributed by atoms with Gasteiger partial charge in [0.15, 0.2) is 5.17 Å². The molecule has 0 fully saturated rings. The van der Waals surface area contributed by atoms with Crippen LogP contribution in [0.2, 0.25) is 0 Å². The molecule has 0 spiro atoms. The minimum Gasteiger partial charge on any atom is -0.497 e. The Balaban J connectivity index is 1.45. The molecule has 0 heterocycles. The van der Waals surface area contributed by atoms with Crippen molar-refractivity contribution in [3.05, 3.63) is 150 Å². The van der Waals surface area contributed by atoms with Gasteiger partial charge in [0.25, 0.3) is 0 Å². The number of benzene rings is 5. The van der Waals surface area contributed by atoms with Crippen molar-refractivity contribution in [1.29, 1.82) is 0 Å². The van der Waals surface area contributed by atoms with Gasteiger partial charge in [0.2, 0.25) is 0 Å². The summed E-state index contributed by atoms with van der Waals surface area (Å²) >= 11 is 1.73. The van der Waals surface area contributed by atoms with Gasteiger partial charge in [-0.15, -0.1) is 0 Å². The van der Waals surface area contributed by atoms with Crippen LogP contribution >= 0.6 is 11.8 Å². The quantitative estimate of drug-likeness (QED) is 0.116. The summed E-state index contributed by atoms with van der Waals surface area (Å²) in [7, 11) is 3.37. The maximum atomic E-state index is 6.00. The maximum Gasteiger partial charge on any atom is 0.165 e. The molecule has 5 aromatic rings. The zero-order valence-corrected chi connectivity index (χ0v) is 24.7. The highest BCUT2D eigenvalue weighted by molar-refractivity contribution is 8.13. The number of hydrogen-bond acceptors (Lipinski definition) is 5. The number of thioether (sulfide) groups is 1. The highest BCUT2D eigenvalue weighted by Gasteiger charge is 2.16. The van der Waals surface area contributed by atoms with E-state index < -0.39 is 0 Å². The molecule has 0 aromatic heterocycles. The molecule has 0 N–H and O–H groups in total. The van der Waals surface area contributed by atoms with Crippen molar-refractivity contribution < 1.29 is 14.2 Å². The van der Waals surface area contributed by atoms with E-state index in [-0.39, 0.29) is 0 Å². The standard InChI is InChI=1S/C36H34N2O3S/c1-39-32-19-13-28(14-20-32)25-38(26-29-15-21-33(40-2)22-16-29)36(42-27-30-9-5-3-6-10-30)37-31-17-23-35(24-18-31)41-34-11-7-4-8-12-34/h3-24H,25-27H2,1-2H3. The summed E-state index contributed by atoms with van der Waals surface area (Å²) in [5, 5.41) is 0.933. The van der Waals surface area contributed by atoms with E-state index in [1.54, 1.807) is 26.0 Å². The first-order valence-corrected chi connectivity index (χ1v) is 14.8. The molecule has 5 nitrogen and oxygen atoms in total. The van der Waals surface area contributed by atoms with E-state index in [2.05, 4.69) is 53.4 Å². The molecular weight excluding hydrogens is 540 g/mol. The van der Waals surface area contributed by atoms with E-state index in [4.69, 9.17) is 19.2 Å². The third-order valence-electron chi connectivity index (χ3n) is 6.59. The highest BCUT2D eigenvalue weighted by Crippen LogP contribution is 2.28. The molecule has 0 aliphatic rings. The minimum absolute atomic E-state index is 0.686. The second kappa shape index (κ2) is 14.8. The lowest BCUT2D eigenvalue weighted by Gasteiger charge is -2.26. The van der Waals surface area contributed by atoms with Gasteiger partial charge in [-0.1, -0.05) is 84.6 Å². The summed E-state index contributed by atoms with van der Waals surface area (Å²) in [6.45, 7) is 1.37. The number of ether oxygens (including phenoxy) is 3. The molecule has 0 saturated heterocycles. The fraction of sp³-hybridized carbons (Fsp3) is 0.139. The van der Waals surface area contributed by atoms with Gasteiger partial charge >= 0.3 is 0 Å². The molecule has 5 rings (SSSR count). The SMILES string of the molecule is COc1ccc(CN(Cc2ccc(OC)cc2)C(=Nc2ccc(Oc3ccccc3)cc2)SCc2ccccc2)cc1. The Bertz CT molecular complexity index is 1490. The summed E-state index contributed by atoms with van der Waals surface area (Å²) in [5.41, 5.74) is 4.45. The molecule has 0 bridgehead atoms. The van der Waals surface area contributed by atoms with Gasteiger partial charge in [-0.05, 0) is 77.4 Å². The number of para-hydroxylation sites is 1. The van der Waals surface area contributed by atoms with Crippen LogP contribution in [0.3, 0.4) is 0 Å². The molecule has 0 unspecified atom stereocenters. The summed E-state index contributed by atoms with van der Waals surface area (Å²) < 4.78 is 16.8. The van der Waals surface area contributed by atoms with Gasteiger partial charge in [0.05, 0.1) is 19.9 Å². The topological polar surface area (TPSA) is 43.3 Å². The second-order valence-electron chi connectivity index (χ2n) is 9.63. The molecule has 0 aliphatic heterocycles. The molecule has 0 aliphatic carbocycles. The van der Waals surface area contributed by atoms with Crippen LogP contribution in [0.4, 0.5) is 5.69 Å². The molecule has 212 valence electrons. The Hall–Kier alpha value is -4.68. The zero-order valence-electron chi connectivity index (χ0n) is 23.9. The Morgan fingerprint density at radius 3 is 1.55 bits per heavy atom. The number of aliphatic imine (C=N–C) groups is 1. The largest absolute Gasteiger partial charge is 0.497 e. The number of amidine groups is 1. The van der Waals surface area contributed by atoms with E-state index in [0.717, 1.165) is 39.6 Å². The van der Waals surface area contributed by atoms with E-state index in [0.29, 0.717) is 13.1 Å². The van der Waals surface area contributed by atoms with Crippen LogP contribution in [0.15, 0.2) is 138 Å². The Kier molecular flexibility index (Phi) is 10.2. The lowest BCUT2D eigenvalue weighted by Crippen LogP contribution is -2.28. The average molecular weight is 575 g/mol. The smallest absolute Gasteiger partial charge is 0.165 e. The fourth-order valence-corrected chi connectivity index (χ4v) is 5.30. The van der Waals surface area contributed by atoms with Crippen LogP contribution in [0.25, 0.3) is 0 Å². The van der Waals surface area contributed by atoms with E-state index in [1.165, 1.54) is 16.7 Å². The summed E-state index contributed by atoms with van der Waals surface area (Å²) in [4.78, 5) is 7.51. The first-order chi connectivity index (χ1) is 20.7. The van der Waals surface area contributed by atoms with Gasteiger partial charge in [-0.3, -0.25) is 0 Å². The molecule has 42 heavy (non-hydrogen) atoms. The van der Waals surface area contributed by atoms with Gasteiger partial charge in [-0.25, -0.2) is 4.99 Å². The van der Waals surface area contributed by atoms with E-state index in [1.807, 2.05) is 84.9 Å². The van der Waals surface area contributed by atoms with Crippen molar-refractivity contribution in [2.24, 2.45) is 4.99 Å². The van der Waals surface area contributed by atoms with Crippen molar-refractivity contribution in [3.63, 3.8) is 0 Å². The van der Waals surface area contributed by atoms with Crippen molar-refractivity contribution in [3.8, 4) is 23.0 Å². The van der Waals surface area contributed by atoms with Crippen LogP contribution < -0.4 is 14.2 Å². The molecule has 0 atom stereocenters. The number of methoxy groups -OCH3 is 2. The van der Waals surface area contributed by atoms with Gasteiger partial charge < -0.3 is 19.1 Å². The molecule has 6 heteroatoms. The van der Waals surface area contributed by atoms with Gasteiger partial charge in [0, 0.05) is 18.8 Å². The number of hydrogen-bond donors (Lipinski definition) is 0. The lowest BCUT2D eigenvalue weighted by atomic mass is 10.1. The molecule has 0 amide bonds. The van der Waals surface area contributed by atoms with Gasteiger partial charge in [0.1, 0.15) is 23.0 Å². The monoisotopic (exact) mass is 574 g/mol. The maximum absolute atomic E-state index is 6.00. The molecule has 0 saturated carbocycles. The number of rotatable bonds is 11. The van der Waals surface area contributed by atoms with Crippen LogP contribution in [0.5, 0.6) is 23.0 Å². The molecular formula is C36H34N2O3S. The summed E-state index contributed by atoms with van der Waals surface area (Å²) in [6, 6.07) is 44.6. The summed E-state index contributed by atoms with van der Waals surface area (Å²) in [6.07, 6.45) is 0. The van der Waals surface area contributed by atoms with E-state index in [9.17, 15) is 0 Å². The fourth-order valence-electron chi connectivity index (χ4n) is 4.33. The van der Waals surface area contributed by atoms with Crippen molar-refractivity contribution in [2.75, 3.05) is 14.2 Å². The Morgan fingerprint density at radius 2 is 1.02 bits per heavy atom. The van der Waals surface area contributed by atoms with Crippen LogP contribution in [0.1, 0.15) is 16.7 Å². The third kappa shape index (κ3) is 8.41. The summed E-state index contributed by atoms with van der Waals surface area (Å²) in [5.74, 6) is 4.05. The van der Waals surface area contributed by atoms with Crippen molar-refractivity contribution in [2.45, 2.75) is 18.8 Å². The first-order valence-electron chi connectivity index (χ1n) is 13.8. The van der Waals surface area contributed by atoms with E-state index >= 15 is 0 Å². The van der Waals surface area contributed by atoms with Crippen LogP contribution in [-0.2, 0) is 18.8 Å². The van der Waals surface area contributed by atoms with Crippen LogP contribution in [0, 0.1) is 0 Å².